The fourth-order valence-corrected chi connectivity index (χ4v) is 4.69. The number of hydrogen-bond acceptors (Lipinski definition) is 4. The predicted octanol–water partition coefficient (Wildman–Crippen LogP) is 3.72. The summed E-state index contributed by atoms with van der Waals surface area (Å²) in [5.74, 6) is -1.89. The van der Waals surface area contributed by atoms with Gasteiger partial charge in [0.25, 0.3) is 0 Å². The number of hydrogen-bond donors (Lipinski definition) is 1. The summed E-state index contributed by atoms with van der Waals surface area (Å²) in [6, 6.07) is 7.78. The molecule has 1 aromatic carbocycles. The number of amides is 1. The monoisotopic (exact) mass is 478 g/mol. The van der Waals surface area contributed by atoms with Crippen LogP contribution in [0.1, 0.15) is 24.8 Å². The minimum absolute atomic E-state index is 0.277. The minimum atomic E-state index is -5.08. The molecule has 1 N–H and O–H groups in total. The van der Waals surface area contributed by atoms with Gasteiger partial charge in [-0.15, -0.1) is 0 Å². The Hall–Kier alpha value is -1.84. The van der Waals surface area contributed by atoms with Crippen molar-refractivity contribution in [2.45, 2.75) is 31.9 Å². The number of carboxylic acids is 1. The third kappa shape index (κ3) is 7.35. The largest absolute Gasteiger partial charge is 0.490 e. The number of piperidine rings is 1. The van der Waals surface area contributed by atoms with Crippen molar-refractivity contribution in [3.8, 4) is 0 Å². The Labute approximate surface area is 191 Å². The summed E-state index contributed by atoms with van der Waals surface area (Å²) in [7, 11) is 3.99. The molecule has 32 heavy (non-hydrogen) atoms. The zero-order valence-electron chi connectivity index (χ0n) is 18.3. The second kappa shape index (κ2) is 11.3. The summed E-state index contributed by atoms with van der Waals surface area (Å²) < 4.78 is 37.2. The molecular weight excluding hydrogens is 449 g/mol. The Morgan fingerprint density at radius 2 is 1.78 bits per heavy atom. The smallest absolute Gasteiger partial charge is 0.475 e. The van der Waals surface area contributed by atoms with Crippen molar-refractivity contribution in [2.24, 2.45) is 11.3 Å². The van der Waals surface area contributed by atoms with E-state index in [-0.39, 0.29) is 5.91 Å². The number of alkyl halides is 3. The van der Waals surface area contributed by atoms with Gasteiger partial charge in [-0.05, 0) is 49.4 Å². The highest BCUT2D eigenvalue weighted by molar-refractivity contribution is 6.30. The third-order valence-electron chi connectivity index (χ3n) is 6.25. The Balaban J connectivity index is 0.000000451. The lowest BCUT2D eigenvalue weighted by molar-refractivity contribution is -0.192. The molecule has 3 rings (SSSR count). The molecule has 1 unspecified atom stereocenters. The summed E-state index contributed by atoms with van der Waals surface area (Å²) in [6.45, 7) is 4.84. The fourth-order valence-electron chi connectivity index (χ4n) is 4.56. The average molecular weight is 479 g/mol. The van der Waals surface area contributed by atoms with Crippen molar-refractivity contribution in [3.63, 3.8) is 0 Å². The summed E-state index contributed by atoms with van der Waals surface area (Å²) in [5, 5.41) is 7.86. The quantitative estimate of drug-likeness (QED) is 0.698. The molecule has 6 nitrogen and oxygen atoms in total. The van der Waals surface area contributed by atoms with Crippen LogP contribution < -0.4 is 0 Å². The maximum Gasteiger partial charge on any atom is 0.490 e. The van der Waals surface area contributed by atoms with E-state index in [1.54, 1.807) is 7.11 Å². The van der Waals surface area contributed by atoms with Gasteiger partial charge in [0.15, 0.2) is 0 Å². The highest BCUT2D eigenvalue weighted by atomic mass is 35.5. The van der Waals surface area contributed by atoms with Crippen LogP contribution in [0.2, 0.25) is 5.02 Å². The number of likely N-dealkylation sites (tertiary alicyclic amines) is 2. The number of benzene rings is 1. The molecule has 1 amide bonds. The molecule has 2 saturated heterocycles. The highest BCUT2D eigenvalue weighted by Crippen LogP contribution is 2.44. The van der Waals surface area contributed by atoms with E-state index in [1.165, 1.54) is 5.56 Å². The second-order valence-corrected chi connectivity index (χ2v) is 8.96. The summed E-state index contributed by atoms with van der Waals surface area (Å²) in [6.07, 6.45) is -1.53. The van der Waals surface area contributed by atoms with E-state index in [0.29, 0.717) is 17.8 Å². The minimum Gasteiger partial charge on any atom is -0.475 e. The second-order valence-electron chi connectivity index (χ2n) is 8.52. The standard InChI is InChI=1S/C20H29ClN2O2.C2HF3O2/c1-22-13-17(14-25-2)20(15-22)9-11-23(12-10-20)19(24)8-5-16-3-6-18(21)7-4-16;3-2(4,5)1(6)7/h3-4,6-7,17H,5,8-15H2,1-2H3;(H,6,7). The van der Waals surface area contributed by atoms with Crippen molar-refractivity contribution < 1.29 is 32.6 Å². The van der Waals surface area contributed by atoms with Crippen molar-refractivity contribution >= 4 is 23.5 Å². The van der Waals surface area contributed by atoms with Crippen LogP contribution in [0.25, 0.3) is 0 Å². The third-order valence-corrected chi connectivity index (χ3v) is 6.50. The molecule has 0 saturated carbocycles. The van der Waals surface area contributed by atoms with Gasteiger partial charge in [0.05, 0.1) is 6.61 Å². The fraction of sp³-hybridized carbons (Fsp3) is 0.636. The van der Waals surface area contributed by atoms with Crippen LogP contribution in [0.5, 0.6) is 0 Å². The van der Waals surface area contributed by atoms with Crippen LogP contribution in [0, 0.1) is 11.3 Å². The molecule has 180 valence electrons. The van der Waals surface area contributed by atoms with E-state index in [2.05, 4.69) is 16.8 Å². The van der Waals surface area contributed by atoms with Crippen LogP contribution in [0.4, 0.5) is 13.2 Å². The molecule has 1 aromatic rings. The molecule has 0 radical (unpaired) electrons. The van der Waals surface area contributed by atoms with Gasteiger partial charge in [-0.2, -0.15) is 13.2 Å². The predicted molar refractivity (Wildman–Crippen MR) is 115 cm³/mol. The molecule has 0 bridgehead atoms. The molecule has 2 heterocycles. The molecule has 10 heteroatoms. The first kappa shape index (κ1) is 26.4. The number of carbonyl (C=O) groups excluding carboxylic acids is 1. The van der Waals surface area contributed by atoms with Crippen molar-refractivity contribution in [1.29, 1.82) is 0 Å². The number of rotatable bonds is 5. The molecule has 2 fully saturated rings. The summed E-state index contributed by atoms with van der Waals surface area (Å²) in [5.41, 5.74) is 1.50. The van der Waals surface area contributed by atoms with Gasteiger partial charge in [-0.25, -0.2) is 4.79 Å². The number of halogens is 4. The Morgan fingerprint density at radius 3 is 2.28 bits per heavy atom. The topological polar surface area (TPSA) is 70.1 Å². The lowest BCUT2D eigenvalue weighted by Gasteiger charge is -2.42. The van der Waals surface area contributed by atoms with E-state index < -0.39 is 12.1 Å². The molecule has 0 aliphatic carbocycles. The van der Waals surface area contributed by atoms with Gasteiger partial charge in [0.1, 0.15) is 0 Å². The molecule has 1 atom stereocenters. The zero-order chi connectivity index (χ0) is 23.9. The maximum absolute atomic E-state index is 12.6. The van der Waals surface area contributed by atoms with Crippen molar-refractivity contribution in [1.82, 2.24) is 9.80 Å². The number of carbonyl (C=O) groups is 2. The van der Waals surface area contributed by atoms with E-state index in [1.807, 2.05) is 24.3 Å². The van der Waals surface area contributed by atoms with E-state index in [9.17, 15) is 18.0 Å². The first-order valence-electron chi connectivity index (χ1n) is 10.5. The lowest BCUT2D eigenvalue weighted by Crippen LogP contribution is -2.47. The Morgan fingerprint density at radius 1 is 1.22 bits per heavy atom. The Kier molecular flexibility index (Phi) is 9.36. The SMILES string of the molecule is COCC1CN(C)CC12CCN(C(=O)CCc1ccc(Cl)cc1)CC2.O=C(O)C(F)(F)F. The highest BCUT2D eigenvalue weighted by Gasteiger charge is 2.47. The number of nitrogens with zero attached hydrogens (tertiary/aromatic N) is 2. The van der Waals surface area contributed by atoms with Crippen LogP contribution in [0.15, 0.2) is 24.3 Å². The number of ether oxygens (including phenoxy) is 1. The first-order chi connectivity index (χ1) is 15.0. The number of methoxy groups -OCH3 is 1. The van der Waals surface area contributed by atoms with Crippen LogP contribution in [-0.4, -0.2) is 79.9 Å². The number of aryl methyl sites for hydroxylation is 1. The maximum atomic E-state index is 12.6. The van der Waals surface area contributed by atoms with Crippen molar-refractivity contribution in [2.75, 3.05) is 46.9 Å². The van der Waals surface area contributed by atoms with E-state index in [4.69, 9.17) is 26.2 Å². The number of carboxylic acid groups (broad SMARTS) is 1. The van der Waals surface area contributed by atoms with Gasteiger partial charge in [0.2, 0.25) is 5.91 Å². The van der Waals surface area contributed by atoms with E-state index in [0.717, 1.165) is 57.1 Å². The van der Waals surface area contributed by atoms with Gasteiger partial charge < -0.3 is 19.6 Å². The summed E-state index contributed by atoms with van der Waals surface area (Å²) in [4.78, 5) is 26.0. The Bertz CT molecular complexity index is 765. The van der Waals surface area contributed by atoms with Crippen molar-refractivity contribution in [3.05, 3.63) is 34.9 Å². The van der Waals surface area contributed by atoms with Gasteiger partial charge in [-0.1, -0.05) is 23.7 Å². The number of aliphatic carboxylic acids is 1. The molecular formula is C22H30ClF3N2O4. The van der Waals surface area contributed by atoms with Gasteiger partial charge >= 0.3 is 12.1 Å². The van der Waals surface area contributed by atoms with E-state index >= 15 is 0 Å². The average Bonchev–Trinajstić information content (AvgIpc) is 3.02. The van der Waals surface area contributed by atoms with Crippen LogP contribution >= 0.6 is 11.6 Å². The molecule has 2 aliphatic heterocycles. The molecule has 0 aromatic heterocycles. The van der Waals surface area contributed by atoms with Gasteiger partial charge in [-0.3, -0.25) is 4.79 Å². The first-order valence-corrected chi connectivity index (χ1v) is 10.8. The van der Waals surface area contributed by atoms with Crippen LogP contribution in [0.3, 0.4) is 0 Å². The van der Waals surface area contributed by atoms with Crippen LogP contribution in [-0.2, 0) is 20.7 Å². The molecule has 2 aliphatic rings. The van der Waals surface area contributed by atoms with Gasteiger partial charge in [0, 0.05) is 50.7 Å². The summed E-state index contributed by atoms with van der Waals surface area (Å²) >= 11 is 5.91. The normalized spacial score (nSPS) is 20.7. The zero-order valence-corrected chi connectivity index (χ0v) is 19.1. The lowest BCUT2D eigenvalue weighted by atomic mass is 9.71. The molecule has 1 spiro atoms.